The molecule has 8 rings (SSSR count). The van der Waals surface area contributed by atoms with Crippen LogP contribution in [0.15, 0.2) is 116 Å². The zero-order valence-electron chi connectivity index (χ0n) is 21.9. The van der Waals surface area contributed by atoms with Gasteiger partial charge in [0.05, 0.1) is 0 Å². The highest BCUT2D eigenvalue weighted by Crippen LogP contribution is 2.58. The molecule has 1 fully saturated rings. The van der Waals surface area contributed by atoms with E-state index in [2.05, 4.69) is 108 Å². The maximum atomic E-state index is 7.10. The predicted molar refractivity (Wildman–Crippen MR) is 161 cm³/mol. The summed E-state index contributed by atoms with van der Waals surface area (Å²) in [7, 11) is 0. The topological polar surface area (TPSA) is 22.1 Å². The Morgan fingerprint density at radius 1 is 0.564 bits per heavy atom. The predicted octanol–water partition coefficient (Wildman–Crippen LogP) is 10.1. The summed E-state index contributed by atoms with van der Waals surface area (Å²) >= 11 is 0. The Morgan fingerprint density at radius 2 is 1.28 bits per heavy atom. The van der Waals surface area contributed by atoms with Crippen LogP contribution < -0.4 is 4.74 Å². The molecule has 0 aliphatic heterocycles. The van der Waals surface area contributed by atoms with Crippen molar-refractivity contribution < 1.29 is 4.74 Å². The lowest BCUT2D eigenvalue weighted by Gasteiger charge is -2.35. The van der Waals surface area contributed by atoms with Gasteiger partial charge in [-0.05, 0) is 58.2 Å². The molecule has 1 spiro atoms. The van der Waals surface area contributed by atoms with Crippen LogP contribution in [0, 0.1) is 0 Å². The summed E-state index contributed by atoms with van der Waals surface area (Å²) in [6, 6.07) is 37.1. The minimum absolute atomic E-state index is 0.106. The van der Waals surface area contributed by atoms with E-state index in [4.69, 9.17) is 4.74 Å². The quantitative estimate of drug-likeness (QED) is 0.224. The average molecular weight is 504 g/mol. The number of ether oxygens (including phenoxy) is 1. The molecule has 1 saturated carbocycles. The summed E-state index contributed by atoms with van der Waals surface area (Å²) in [6.07, 6.45) is 10.2. The summed E-state index contributed by atoms with van der Waals surface area (Å²) in [5, 5.41) is 4.48. The molecule has 188 valence electrons. The van der Waals surface area contributed by atoms with Gasteiger partial charge in [-0.1, -0.05) is 110 Å². The maximum Gasteiger partial charge on any atom is 0.143 e. The van der Waals surface area contributed by atoms with E-state index in [1.54, 1.807) is 0 Å². The van der Waals surface area contributed by atoms with E-state index in [0.29, 0.717) is 0 Å². The van der Waals surface area contributed by atoms with E-state index < -0.39 is 0 Å². The van der Waals surface area contributed by atoms with E-state index in [1.165, 1.54) is 70.9 Å². The summed E-state index contributed by atoms with van der Waals surface area (Å²) in [5.41, 5.74) is 8.02. The number of benzene rings is 5. The van der Waals surface area contributed by atoms with Crippen molar-refractivity contribution in [2.75, 3.05) is 0 Å². The number of hydrogen-bond donors (Lipinski definition) is 0. The standard InChI is InChI=1S/C37H29NO/c1-3-12-25(13-4-1)34-26-14-5-6-15-27(26)36(28-20-23-38-24-30(28)34)39-33-19-11-18-32-35(33)29-16-7-8-17-31(29)37(32)21-9-2-10-22-37/h1,3-8,11-20,23-24H,2,9-10,21-22H2. The molecular weight excluding hydrogens is 474 g/mol. The van der Waals surface area contributed by atoms with Crippen molar-refractivity contribution in [1.29, 1.82) is 0 Å². The first-order chi connectivity index (χ1) is 19.4. The van der Waals surface area contributed by atoms with Crippen LogP contribution in [0.4, 0.5) is 0 Å². The highest BCUT2D eigenvalue weighted by Gasteiger charge is 2.44. The largest absolute Gasteiger partial charge is 0.455 e. The van der Waals surface area contributed by atoms with Crippen LogP contribution in [0.3, 0.4) is 0 Å². The summed E-state index contributed by atoms with van der Waals surface area (Å²) in [5.74, 6) is 1.84. The molecule has 0 N–H and O–H groups in total. The zero-order chi connectivity index (χ0) is 25.8. The van der Waals surface area contributed by atoms with Gasteiger partial charge in [-0.25, -0.2) is 0 Å². The minimum atomic E-state index is 0.106. The van der Waals surface area contributed by atoms with Crippen LogP contribution in [0.1, 0.15) is 43.2 Å². The number of hydrogen-bond acceptors (Lipinski definition) is 2. The Bertz CT molecular complexity index is 1810. The number of pyridine rings is 1. The lowest BCUT2D eigenvalue weighted by molar-refractivity contribution is 0.352. The van der Waals surface area contributed by atoms with Crippen LogP contribution in [-0.2, 0) is 5.41 Å². The molecule has 2 aliphatic carbocycles. The molecule has 1 heterocycles. The average Bonchev–Trinajstić information content (AvgIpc) is 3.27. The van der Waals surface area contributed by atoms with E-state index >= 15 is 0 Å². The fourth-order valence-corrected chi connectivity index (χ4v) is 7.37. The third kappa shape index (κ3) is 3.31. The number of nitrogens with zero attached hydrogens (tertiary/aromatic N) is 1. The first kappa shape index (κ1) is 22.5. The van der Waals surface area contributed by atoms with Gasteiger partial charge in [0.15, 0.2) is 0 Å². The second kappa shape index (κ2) is 8.81. The Hall–Kier alpha value is -4.43. The SMILES string of the molecule is c1ccc(-c2c3ccccc3c(Oc3cccc4c3-c3ccccc3C43CCCCC3)c3ccncc23)cc1. The molecule has 5 aromatic carbocycles. The number of rotatable bonds is 3. The van der Waals surface area contributed by atoms with Crippen LogP contribution in [0.2, 0.25) is 0 Å². The molecule has 0 amide bonds. The lowest BCUT2D eigenvalue weighted by Crippen LogP contribution is -2.27. The second-order valence-corrected chi connectivity index (χ2v) is 11.0. The molecule has 2 aliphatic rings. The fraction of sp³-hybridized carbons (Fsp3) is 0.162. The van der Waals surface area contributed by atoms with E-state index in [9.17, 15) is 0 Å². The third-order valence-electron chi connectivity index (χ3n) is 9.01. The summed E-state index contributed by atoms with van der Waals surface area (Å²) < 4.78 is 7.10. The Morgan fingerprint density at radius 3 is 2.15 bits per heavy atom. The monoisotopic (exact) mass is 503 g/mol. The van der Waals surface area contributed by atoms with Crippen molar-refractivity contribution in [3.8, 4) is 33.8 Å². The number of aromatic nitrogens is 1. The second-order valence-electron chi connectivity index (χ2n) is 11.0. The highest BCUT2D eigenvalue weighted by molar-refractivity contribution is 6.16. The van der Waals surface area contributed by atoms with Gasteiger partial charge < -0.3 is 4.74 Å². The van der Waals surface area contributed by atoms with Crippen molar-refractivity contribution in [3.05, 3.63) is 127 Å². The van der Waals surface area contributed by atoms with Crippen molar-refractivity contribution in [3.63, 3.8) is 0 Å². The Kier molecular flexibility index (Phi) is 5.09. The minimum Gasteiger partial charge on any atom is -0.455 e. The van der Waals surface area contributed by atoms with E-state index in [-0.39, 0.29) is 5.41 Å². The molecule has 0 bridgehead atoms. The summed E-state index contributed by atoms with van der Waals surface area (Å²) in [4.78, 5) is 4.54. The molecule has 2 nitrogen and oxygen atoms in total. The smallest absolute Gasteiger partial charge is 0.143 e. The molecule has 2 heteroatoms. The molecule has 39 heavy (non-hydrogen) atoms. The molecular formula is C37H29NO. The Labute approximate surface area is 228 Å². The number of fused-ring (bicyclic) bond motifs is 7. The van der Waals surface area contributed by atoms with Gasteiger partial charge in [-0.2, -0.15) is 0 Å². The van der Waals surface area contributed by atoms with Crippen molar-refractivity contribution in [2.45, 2.75) is 37.5 Å². The van der Waals surface area contributed by atoms with Crippen LogP contribution in [0.25, 0.3) is 43.8 Å². The van der Waals surface area contributed by atoms with E-state index in [0.717, 1.165) is 27.7 Å². The van der Waals surface area contributed by atoms with Crippen molar-refractivity contribution in [1.82, 2.24) is 4.98 Å². The van der Waals surface area contributed by atoms with Crippen LogP contribution >= 0.6 is 0 Å². The fourth-order valence-electron chi connectivity index (χ4n) is 7.37. The van der Waals surface area contributed by atoms with Gasteiger partial charge >= 0.3 is 0 Å². The van der Waals surface area contributed by atoms with Crippen LogP contribution in [0.5, 0.6) is 11.5 Å². The van der Waals surface area contributed by atoms with Gasteiger partial charge in [-0.15, -0.1) is 0 Å². The first-order valence-electron chi connectivity index (χ1n) is 14.1. The lowest BCUT2D eigenvalue weighted by atomic mass is 9.68. The molecule has 6 aromatic rings. The molecule has 0 radical (unpaired) electrons. The van der Waals surface area contributed by atoms with Gasteiger partial charge in [-0.3, -0.25) is 4.98 Å². The molecule has 0 saturated heterocycles. The molecule has 1 aromatic heterocycles. The van der Waals surface area contributed by atoms with Crippen molar-refractivity contribution in [2.24, 2.45) is 0 Å². The normalized spacial score (nSPS) is 15.4. The Balaban J connectivity index is 1.39. The molecule has 0 unspecified atom stereocenters. The first-order valence-corrected chi connectivity index (χ1v) is 14.1. The van der Waals surface area contributed by atoms with Gasteiger partial charge in [0.25, 0.3) is 0 Å². The van der Waals surface area contributed by atoms with Crippen molar-refractivity contribution >= 4 is 21.5 Å². The summed E-state index contributed by atoms with van der Waals surface area (Å²) in [6.45, 7) is 0. The van der Waals surface area contributed by atoms with Crippen LogP contribution in [-0.4, -0.2) is 4.98 Å². The van der Waals surface area contributed by atoms with Gasteiger partial charge in [0.1, 0.15) is 11.5 Å². The maximum absolute atomic E-state index is 7.10. The van der Waals surface area contributed by atoms with Gasteiger partial charge in [0.2, 0.25) is 0 Å². The van der Waals surface area contributed by atoms with E-state index in [1.807, 2.05) is 12.4 Å². The van der Waals surface area contributed by atoms with Gasteiger partial charge in [0, 0.05) is 39.5 Å². The molecule has 0 atom stereocenters. The third-order valence-corrected chi connectivity index (χ3v) is 9.01. The highest BCUT2D eigenvalue weighted by atomic mass is 16.5. The zero-order valence-corrected chi connectivity index (χ0v) is 21.9.